The average Bonchev–Trinajstić information content (AvgIpc) is 3.22. The number of nitrogens with zero attached hydrogens (tertiary/aromatic N) is 1. The number of furan rings is 1. The van der Waals surface area contributed by atoms with E-state index in [-0.39, 0.29) is 12.3 Å². The molecule has 1 fully saturated rings. The number of benzene rings is 2. The van der Waals surface area contributed by atoms with Crippen LogP contribution in [0, 0.1) is 11.6 Å². The summed E-state index contributed by atoms with van der Waals surface area (Å²) in [6, 6.07) is 14.0. The minimum Gasteiger partial charge on any atom is -0.465 e. The lowest BCUT2D eigenvalue weighted by molar-refractivity contribution is -0.134. The van der Waals surface area contributed by atoms with E-state index < -0.39 is 23.1 Å². The highest BCUT2D eigenvalue weighted by Gasteiger charge is 2.55. The van der Waals surface area contributed by atoms with E-state index in [4.69, 9.17) is 4.42 Å². The fourth-order valence-corrected chi connectivity index (χ4v) is 3.25. The van der Waals surface area contributed by atoms with Gasteiger partial charge in [-0.25, -0.2) is 8.78 Å². The summed E-state index contributed by atoms with van der Waals surface area (Å²) in [5, 5.41) is 2.72. The molecule has 1 aliphatic rings. The summed E-state index contributed by atoms with van der Waals surface area (Å²) in [6.45, 7) is 0. The van der Waals surface area contributed by atoms with E-state index >= 15 is 0 Å². The molecule has 1 aliphatic heterocycles. The number of carbonyl (C=O) groups is 2. The van der Waals surface area contributed by atoms with Crippen molar-refractivity contribution in [2.75, 3.05) is 10.2 Å². The Morgan fingerprint density at radius 2 is 1.69 bits per heavy atom. The van der Waals surface area contributed by atoms with Crippen LogP contribution < -0.4 is 10.2 Å². The van der Waals surface area contributed by atoms with Crippen LogP contribution >= 0.6 is 0 Å². The third-order valence-electron chi connectivity index (χ3n) is 4.72. The minimum atomic E-state index is -1.34. The van der Waals surface area contributed by atoms with Crippen molar-refractivity contribution in [3.63, 3.8) is 0 Å². The van der Waals surface area contributed by atoms with Crippen LogP contribution in [0.3, 0.4) is 0 Å². The van der Waals surface area contributed by atoms with E-state index in [1.807, 2.05) is 0 Å². The molecule has 0 spiro atoms. The highest BCUT2D eigenvalue weighted by molar-refractivity contribution is 6.18. The number of hydrogen-bond acceptors (Lipinski definition) is 3. The maximum Gasteiger partial charge on any atom is 0.255 e. The summed E-state index contributed by atoms with van der Waals surface area (Å²) in [5.41, 5.74) is -0.558. The lowest BCUT2D eigenvalue weighted by atomic mass is 9.81. The van der Waals surface area contributed by atoms with Crippen molar-refractivity contribution >= 4 is 29.3 Å². The molecule has 4 rings (SSSR count). The van der Waals surface area contributed by atoms with Crippen LogP contribution in [-0.2, 0) is 9.59 Å². The smallest absolute Gasteiger partial charge is 0.255 e. The van der Waals surface area contributed by atoms with Crippen LogP contribution in [0.15, 0.2) is 77.4 Å². The number of hydrogen-bond donors (Lipinski definition) is 1. The normalized spacial score (nSPS) is 18.7. The molecule has 29 heavy (non-hydrogen) atoms. The quantitative estimate of drug-likeness (QED) is 0.653. The van der Waals surface area contributed by atoms with Crippen molar-refractivity contribution in [3.8, 4) is 0 Å². The Morgan fingerprint density at radius 3 is 2.28 bits per heavy atom. The molecule has 0 bridgehead atoms. The monoisotopic (exact) mass is 394 g/mol. The zero-order chi connectivity index (χ0) is 20.4. The molecule has 2 aromatic carbocycles. The topological polar surface area (TPSA) is 62.6 Å². The first-order valence-corrected chi connectivity index (χ1v) is 8.86. The average molecular weight is 394 g/mol. The van der Waals surface area contributed by atoms with Gasteiger partial charge in [-0.2, -0.15) is 0 Å². The molecule has 0 saturated carbocycles. The van der Waals surface area contributed by atoms with E-state index in [1.54, 1.807) is 24.3 Å². The molecule has 146 valence electrons. The third kappa shape index (κ3) is 3.54. The van der Waals surface area contributed by atoms with Gasteiger partial charge in [-0.05, 0) is 72.8 Å². The van der Waals surface area contributed by atoms with Gasteiger partial charge in [0, 0.05) is 11.4 Å². The van der Waals surface area contributed by atoms with Crippen molar-refractivity contribution in [1.29, 1.82) is 0 Å². The van der Waals surface area contributed by atoms with Gasteiger partial charge in [0.05, 0.1) is 12.7 Å². The number of anilines is 2. The first-order chi connectivity index (χ1) is 14.0. The highest BCUT2D eigenvalue weighted by Crippen LogP contribution is 2.40. The summed E-state index contributed by atoms with van der Waals surface area (Å²) in [5.74, 6) is -1.13. The van der Waals surface area contributed by atoms with Gasteiger partial charge in [0.25, 0.3) is 5.91 Å². The van der Waals surface area contributed by atoms with E-state index in [0.717, 1.165) is 0 Å². The van der Waals surface area contributed by atoms with Gasteiger partial charge in [0.1, 0.15) is 17.4 Å². The van der Waals surface area contributed by atoms with Crippen LogP contribution in [0.1, 0.15) is 12.2 Å². The zero-order valence-corrected chi connectivity index (χ0v) is 15.1. The molecule has 7 heteroatoms. The summed E-state index contributed by atoms with van der Waals surface area (Å²) in [7, 11) is 0. The number of halogens is 2. The Balaban J connectivity index is 1.70. The summed E-state index contributed by atoms with van der Waals surface area (Å²) < 4.78 is 31.8. The minimum absolute atomic E-state index is 0.0748. The predicted octanol–water partition coefficient (Wildman–Crippen LogP) is 4.39. The van der Waals surface area contributed by atoms with Crippen LogP contribution in [0.4, 0.5) is 20.2 Å². The molecule has 1 saturated heterocycles. The van der Waals surface area contributed by atoms with Crippen LogP contribution in [0.25, 0.3) is 6.08 Å². The molecular formula is C22H16F2N2O3. The summed E-state index contributed by atoms with van der Waals surface area (Å²) in [6.07, 6.45) is 4.60. The standard InChI is InChI=1S/C22H16F2N2O3/c23-15-3-7-17(8-4-15)25-21(28)22(12-11-19-2-1-13-29-19)14-20(27)26(22)18-9-5-16(24)6-10-18/h1-13H,14H2,(H,25,28). The number of amides is 2. The fourth-order valence-electron chi connectivity index (χ4n) is 3.25. The largest absolute Gasteiger partial charge is 0.465 e. The van der Waals surface area contributed by atoms with Crippen LogP contribution in [0.2, 0.25) is 0 Å². The van der Waals surface area contributed by atoms with Crippen molar-refractivity contribution in [3.05, 3.63) is 90.4 Å². The van der Waals surface area contributed by atoms with Gasteiger partial charge in [-0.15, -0.1) is 0 Å². The number of rotatable bonds is 5. The van der Waals surface area contributed by atoms with Crippen molar-refractivity contribution < 1.29 is 22.8 Å². The first kappa shape index (κ1) is 18.6. The molecule has 1 unspecified atom stereocenters. The zero-order valence-electron chi connectivity index (χ0n) is 15.1. The second kappa shape index (κ2) is 7.35. The molecule has 0 aliphatic carbocycles. The predicted molar refractivity (Wildman–Crippen MR) is 104 cm³/mol. The van der Waals surface area contributed by atoms with Crippen LogP contribution in [-0.4, -0.2) is 17.4 Å². The highest BCUT2D eigenvalue weighted by atomic mass is 19.1. The Bertz CT molecular complexity index is 1060. The maximum absolute atomic E-state index is 13.3. The van der Waals surface area contributed by atoms with E-state index in [1.165, 1.54) is 59.7 Å². The lowest BCUT2D eigenvalue weighted by Gasteiger charge is -2.48. The molecule has 1 N–H and O–H groups in total. The summed E-state index contributed by atoms with van der Waals surface area (Å²) >= 11 is 0. The molecule has 1 aromatic heterocycles. The molecule has 5 nitrogen and oxygen atoms in total. The van der Waals surface area contributed by atoms with Crippen LogP contribution in [0.5, 0.6) is 0 Å². The first-order valence-electron chi connectivity index (χ1n) is 8.86. The molecule has 2 heterocycles. The van der Waals surface area contributed by atoms with Crippen molar-refractivity contribution in [1.82, 2.24) is 0 Å². The van der Waals surface area contributed by atoms with Crippen molar-refractivity contribution in [2.24, 2.45) is 0 Å². The van der Waals surface area contributed by atoms with E-state index in [0.29, 0.717) is 17.1 Å². The van der Waals surface area contributed by atoms with Crippen molar-refractivity contribution in [2.45, 2.75) is 12.0 Å². The van der Waals surface area contributed by atoms with Gasteiger partial charge >= 0.3 is 0 Å². The van der Waals surface area contributed by atoms with E-state index in [2.05, 4.69) is 5.32 Å². The molecule has 0 radical (unpaired) electrons. The summed E-state index contributed by atoms with van der Waals surface area (Å²) in [4.78, 5) is 27.0. The number of nitrogens with one attached hydrogen (secondary N) is 1. The Morgan fingerprint density at radius 1 is 1.03 bits per heavy atom. The van der Waals surface area contributed by atoms with Gasteiger partial charge in [-0.1, -0.05) is 0 Å². The molecule has 1 atom stereocenters. The van der Waals surface area contributed by atoms with Gasteiger partial charge in [0.2, 0.25) is 5.91 Å². The number of carbonyl (C=O) groups excluding carboxylic acids is 2. The second-order valence-corrected chi connectivity index (χ2v) is 6.62. The number of β-lactam (4-membered cyclic amide) rings is 1. The Hall–Kier alpha value is -3.74. The SMILES string of the molecule is O=C1CC(C=Cc2ccco2)(C(=O)Nc2ccc(F)cc2)N1c1ccc(F)cc1. The third-order valence-corrected chi connectivity index (χ3v) is 4.72. The molecule has 2 amide bonds. The second-order valence-electron chi connectivity index (χ2n) is 6.62. The maximum atomic E-state index is 13.3. The van der Waals surface area contributed by atoms with E-state index in [9.17, 15) is 18.4 Å². The molecule has 3 aromatic rings. The van der Waals surface area contributed by atoms with Gasteiger partial charge < -0.3 is 9.73 Å². The van der Waals surface area contributed by atoms with Gasteiger partial charge in [-0.3, -0.25) is 14.5 Å². The van der Waals surface area contributed by atoms with Gasteiger partial charge in [0.15, 0.2) is 5.54 Å². The Kier molecular flexibility index (Phi) is 4.72. The molecular weight excluding hydrogens is 378 g/mol. The Labute approximate surface area is 165 Å². The fraction of sp³-hybridized carbons (Fsp3) is 0.0909. The lowest BCUT2D eigenvalue weighted by Crippen LogP contribution is -2.68.